The van der Waals surface area contributed by atoms with Crippen molar-refractivity contribution in [1.29, 1.82) is 0 Å². The topological polar surface area (TPSA) is 40.5 Å². The van der Waals surface area contributed by atoms with Crippen molar-refractivity contribution in [1.82, 2.24) is 4.90 Å². The van der Waals surface area contributed by atoms with E-state index in [0.717, 1.165) is 6.54 Å². The molecule has 0 aliphatic heterocycles. The Hall–Kier alpha value is -1.09. The van der Waals surface area contributed by atoms with Gasteiger partial charge in [-0.05, 0) is 43.7 Å². The number of hydrogen-bond acceptors (Lipinski definition) is 2. The van der Waals surface area contributed by atoms with Gasteiger partial charge in [-0.25, -0.2) is 0 Å². The molecule has 0 aromatic carbocycles. The molecule has 0 heterocycles. The number of allylic oxidation sites excluding steroid dienone is 3. The van der Waals surface area contributed by atoms with Gasteiger partial charge in [0.25, 0.3) is 0 Å². The minimum Gasteiger partial charge on any atom is -0.481 e. The summed E-state index contributed by atoms with van der Waals surface area (Å²) in [5.74, 6) is -0.122. The summed E-state index contributed by atoms with van der Waals surface area (Å²) in [4.78, 5) is 14.5. The summed E-state index contributed by atoms with van der Waals surface area (Å²) < 4.78 is 0. The molecule has 23 heavy (non-hydrogen) atoms. The summed E-state index contributed by atoms with van der Waals surface area (Å²) in [6.45, 7) is 7.27. The summed E-state index contributed by atoms with van der Waals surface area (Å²) in [7, 11) is 2.17. The van der Waals surface area contributed by atoms with E-state index >= 15 is 0 Å². The molecule has 3 nitrogen and oxygen atoms in total. The van der Waals surface area contributed by atoms with E-state index in [2.05, 4.69) is 38.8 Å². The lowest BCUT2D eigenvalue weighted by Gasteiger charge is -2.39. The molecule has 0 bridgehead atoms. The van der Waals surface area contributed by atoms with Crippen LogP contribution < -0.4 is 0 Å². The first-order valence-electron chi connectivity index (χ1n) is 9.19. The molecule has 3 heteroatoms. The highest BCUT2D eigenvalue weighted by Gasteiger charge is 2.42. The van der Waals surface area contributed by atoms with E-state index in [4.69, 9.17) is 0 Å². The number of carbonyl (C=O) groups is 1. The number of rotatable bonds is 6. The van der Waals surface area contributed by atoms with Gasteiger partial charge in [-0.15, -0.1) is 0 Å². The van der Waals surface area contributed by atoms with Crippen molar-refractivity contribution < 1.29 is 9.90 Å². The van der Waals surface area contributed by atoms with Gasteiger partial charge in [0.1, 0.15) is 0 Å². The van der Waals surface area contributed by atoms with Gasteiger partial charge in [-0.3, -0.25) is 4.79 Å². The van der Waals surface area contributed by atoms with Gasteiger partial charge in [-0.1, -0.05) is 58.3 Å². The third-order valence-corrected chi connectivity index (χ3v) is 5.95. The van der Waals surface area contributed by atoms with Crippen LogP contribution in [0.1, 0.15) is 59.3 Å². The fourth-order valence-corrected chi connectivity index (χ4v) is 4.10. The second-order valence-corrected chi connectivity index (χ2v) is 7.87. The first-order valence-corrected chi connectivity index (χ1v) is 9.19. The lowest BCUT2D eigenvalue weighted by molar-refractivity contribution is -0.149. The van der Waals surface area contributed by atoms with Gasteiger partial charge in [0.05, 0.1) is 5.41 Å². The summed E-state index contributed by atoms with van der Waals surface area (Å²) in [5.41, 5.74) is 0.510. The summed E-state index contributed by atoms with van der Waals surface area (Å²) in [6.07, 6.45) is 13.3. The first-order chi connectivity index (χ1) is 10.9. The van der Waals surface area contributed by atoms with Crippen LogP contribution in [-0.2, 0) is 4.79 Å². The smallest absolute Gasteiger partial charge is 0.314 e. The van der Waals surface area contributed by atoms with Crippen molar-refractivity contribution >= 4 is 5.97 Å². The number of aliphatic carboxylic acids is 1. The largest absolute Gasteiger partial charge is 0.481 e. The molecular formula is C20H33NO2. The Bertz CT molecular complexity index is 474. The second-order valence-electron chi connectivity index (χ2n) is 7.87. The average molecular weight is 319 g/mol. The van der Waals surface area contributed by atoms with Gasteiger partial charge in [-0.2, -0.15) is 0 Å². The fourth-order valence-electron chi connectivity index (χ4n) is 4.10. The van der Waals surface area contributed by atoms with Crippen molar-refractivity contribution in [2.24, 2.45) is 17.3 Å². The molecular weight excluding hydrogens is 286 g/mol. The lowest BCUT2D eigenvalue weighted by atomic mass is 9.70. The molecule has 2 rings (SSSR count). The maximum Gasteiger partial charge on any atom is 0.314 e. The van der Waals surface area contributed by atoms with Crippen LogP contribution in [0, 0.1) is 17.3 Å². The standard InChI is InChI=1S/C20H33NO2/c1-15(2)17-10-12-20(13-11-17,19(22)23)16(3)14-21(4)18-8-6-5-7-9-18/h10-12,15-16,18H,5-9,13-14H2,1-4H3,(H,22,23). The highest BCUT2D eigenvalue weighted by Crippen LogP contribution is 2.40. The molecule has 1 N–H and O–H groups in total. The predicted octanol–water partition coefficient (Wildman–Crippen LogP) is 4.50. The minimum absolute atomic E-state index is 0.105. The molecule has 0 saturated heterocycles. The van der Waals surface area contributed by atoms with E-state index in [1.165, 1.54) is 37.7 Å². The highest BCUT2D eigenvalue weighted by molar-refractivity contribution is 5.78. The van der Waals surface area contributed by atoms with E-state index in [-0.39, 0.29) is 5.92 Å². The molecule has 2 aliphatic carbocycles. The summed E-state index contributed by atoms with van der Waals surface area (Å²) in [5, 5.41) is 9.91. The van der Waals surface area contributed by atoms with E-state index < -0.39 is 11.4 Å². The van der Waals surface area contributed by atoms with Crippen LogP contribution in [0.2, 0.25) is 0 Å². The third-order valence-electron chi connectivity index (χ3n) is 5.95. The first kappa shape index (κ1) is 18.3. The van der Waals surface area contributed by atoms with Crippen molar-refractivity contribution in [3.8, 4) is 0 Å². The van der Waals surface area contributed by atoms with E-state index in [1.807, 2.05) is 12.2 Å². The normalized spacial score (nSPS) is 27.3. The monoisotopic (exact) mass is 319 g/mol. The molecule has 0 amide bonds. The van der Waals surface area contributed by atoms with Crippen LogP contribution in [0.5, 0.6) is 0 Å². The molecule has 0 spiro atoms. The van der Waals surface area contributed by atoms with Crippen LogP contribution in [0.25, 0.3) is 0 Å². The van der Waals surface area contributed by atoms with Crippen molar-refractivity contribution in [2.45, 2.75) is 65.3 Å². The second kappa shape index (κ2) is 7.65. The quantitative estimate of drug-likeness (QED) is 0.783. The molecule has 1 saturated carbocycles. The van der Waals surface area contributed by atoms with Crippen LogP contribution >= 0.6 is 0 Å². The van der Waals surface area contributed by atoms with Crippen LogP contribution in [0.15, 0.2) is 23.8 Å². The van der Waals surface area contributed by atoms with Gasteiger partial charge in [0.2, 0.25) is 0 Å². The Morgan fingerprint density at radius 2 is 1.96 bits per heavy atom. The maximum absolute atomic E-state index is 12.1. The summed E-state index contributed by atoms with van der Waals surface area (Å²) >= 11 is 0. The minimum atomic E-state index is -0.749. The lowest BCUT2D eigenvalue weighted by Crippen LogP contribution is -2.44. The number of carboxylic acids is 1. The van der Waals surface area contributed by atoms with E-state index in [9.17, 15) is 9.90 Å². The van der Waals surface area contributed by atoms with Gasteiger partial charge >= 0.3 is 5.97 Å². The van der Waals surface area contributed by atoms with Crippen molar-refractivity contribution in [2.75, 3.05) is 13.6 Å². The zero-order valence-electron chi connectivity index (χ0n) is 15.2. The van der Waals surface area contributed by atoms with Crippen LogP contribution in [0.4, 0.5) is 0 Å². The SMILES string of the molecule is CC(C)C1=CCC(C(=O)O)(C(C)CN(C)C2CCCCC2)C=C1. The van der Waals surface area contributed by atoms with Crippen molar-refractivity contribution in [3.63, 3.8) is 0 Å². The molecule has 130 valence electrons. The Kier molecular flexibility index (Phi) is 6.07. The highest BCUT2D eigenvalue weighted by atomic mass is 16.4. The molecule has 0 aromatic rings. The Morgan fingerprint density at radius 1 is 1.30 bits per heavy atom. The zero-order valence-corrected chi connectivity index (χ0v) is 15.2. The average Bonchev–Trinajstić information content (AvgIpc) is 2.55. The third kappa shape index (κ3) is 4.06. The number of hydrogen-bond donors (Lipinski definition) is 1. The summed E-state index contributed by atoms with van der Waals surface area (Å²) in [6, 6.07) is 0.631. The molecule has 2 aliphatic rings. The molecule has 0 aromatic heterocycles. The Morgan fingerprint density at radius 3 is 2.43 bits per heavy atom. The molecule has 2 unspecified atom stereocenters. The predicted molar refractivity (Wildman–Crippen MR) is 95.4 cm³/mol. The Balaban J connectivity index is 2.06. The van der Waals surface area contributed by atoms with E-state index in [0.29, 0.717) is 18.4 Å². The fraction of sp³-hybridized carbons (Fsp3) is 0.750. The molecule has 1 fully saturated rings. The van der Waals surface area contributed by atoms with Gasteiger partial charge in [0.15, 0.2) is 0 Å². The van der Waals surface area contributed by atoms with Crippen LogP contribution in [0.3, 0.4) is 0 Å². The van der Waals surface area contributed by atoms with Crippen molar-refractivity contribution in [3.05, 3.63) is 23.8 Å². The molecule has 2 atom stereocenters. The van der Waals surface area contributed by atoms with Gasteiger partial charge < -0.3 is 10.0 Å². The maximum atomic E-state index is 12.1. The zero-order chi connectivity index (χ0) is 17.0. The van der Waals surface area contributed by atoms with E-state index in [1.54, 1.807) is 0 Å². The van der Waals surface area contributed by atoms with Gasteiger partial charge in [0, 0.05) is 12.6 Å². The number of carboxylic acid groups (broad SMARTS) is 1. The number of nitrogens with zero attached hydrogens (tertiary/aromatic N) is 1. The van der Waals surface area contributed by atoms with Crippen LogP contribution in [-0.4, -0.2) is 35.6 Å². The molecule has 0 radical (unpaired) electrons. The Labute approximate surface area is 141 Å².